The Labute approximate surface area is 110 Å². The number of phenols is 1. The molecule has 0 radical (unpaired) electrons. The van der Waals surface area contributed by atoms with Gasteiger partial charge in [0.15, 0.2) is 0 Å². The number of rotatable bonds is 3. The van der Waals surface area contributed by atoms with E-state index in [-0.39, 0.29) is 5.75 Å². The number of phenolic OH excluding ortho intramolecular Hbond substituents is 1. The molecule has 0 aliphatic rings. The molecule has 0 atom stereocenters. The minimum absolute atomic E-state index is 0.194. The van der Waals surface area contributed by atoms with Crippen LogP contribution in [-0.4, -0.2) is 16.2 Å². The Balaban J connectivity index is 3.28. The molecule has 1 aromatic rings. The largest absolute Gasteiger partial charge is 0.507 e. The van der Waals surface area contributed by atoms with Gasteiger partial charge in [0.05, 0.1) is 5.41 Å². The standard InChI is InChI=1S/C13H17BrO3/c1-7-5-10(14)8(2)9(11(7)15)6-13(3,4)12(16)17/h5,15H,6H2,1-4H3,(H,16,17). The van der Waals surface area contributed by atoms with Gasteiger partial charge in [-0.2, -0.15) is 0 Å². The van der Waals surface area contributed by atoms with E-state index < -0.39 is 11.4 Å². The summed E-state index contributed by atoms with van der Waals surface area (Å²) in [6, 6.07) is 1.84. The molecule has 1 aromatic carbocycles. The second-order valence-electron chi connectivity index (χ2n) is 4.99. The van der Waals surface area contributed by atoms with Gasteiger partial charge in [0, 0.05) is 4.47 Å². The molecule has 1 rings (SSSR count). The number of aromatic hydroxyl groups is 1. The van der Waals surface area contributed by atoms with Crippen molar-refractivity contribution in [3.05, 3.63) is 27.2 Å². The van der Waals surface area contributed by atoms with E-state index >= 15 is 0 Å². The third-order valence-corrected chi connectivity index (χ3v) is 3.83. The maximum Gasteiger partial charge on any atom is 0.309 e. The second-order valence-corrected chi connectivity index (χ2v) is 5.85. The molecule has 17 heavy (non-hydrogen) atoms. The van der Waals surface area contributed by atoms with Gasteiger partial charge in [-0.15, -0.1) is 0 Å². The second kappa shape index (κ2) is 4.69. The van der Waals surface area contributed by atoms with Crippen LogP contribution in [0.3, 0.4) is 0 Å². The molecule has 0 bridgehead atoms. The average molecular weight is 301 g/mol. The molecule has 3 nitrogen and oxygen atoms in total. The summed E-state index contributed by atoms with van der Waals surface area (Å²) in [6.45, 7) is 6.99. The van der Waals surface area contributed by atoms with Gasteiger partial charge in [-0.25, -0.2) is 0 Å². The Morgan fingerprint density at radius 2 is 1.94 bits per heavy atom. The van der Waals surface area contributed by atoms with E-state index in [2.05, 4.69) is 15.9 Å². The van der Waals surface area contributed by atoms with Gasteiger partial charge in [-0.05, 0) is 56.9 Å². The fourth-order valence-corrected chi connectivity index (χ4v) is 2.24. The minimum atomic E-state index is -0.893. The molecule has 0 fully saturated rings. The van der Waals surface area contributed by atoms with Crippen LogP contribution in [-0.2, 0) is 11.2 Å². The third kappa shape index (κ3) is 2.80. The molecular weight excluding hydrogens is 284 g/mol. The normalized spacial score (nSPS) is 11.6. The van der Waals surface area contributed by atoms with E-state index in [9.17, 15) is 9.90 Å². The summed E-state index contributed by atoms with van der Waals surface area (Å²) in [7, 11) is 0. The summed E-state index contributed by atoms with van der Waals surface area (Å²) in [5.41, 5.74) is 1.44. The summed E-state index contributed by atoms with van der Waals surface area (Å²) in [5.74, 6) is -0.672. The van der Waals surface area contributed by atoms with Gasteiger partial charge in [0.1, 0.15) is 5.75 Å². The molecule has 94 valence electrons. The van der Waals surface area contributed by atoms with Gasteiger partial charge in [0.2, 0.25) is 0 Å². The predicted molar refractivity (Wildman–Crippen MR) is 70.4 cm³/mol. The van der Waals surface area contributed by atoms with Crippen LogP contribution in [0.5, 0.6) is 5.75 Å². The number of carboxylic acid groups (broad SMARTS) is 1. The Bertz CT molecular complexity index is 438. The highest BCUT2D eigenvalue weighted by molar-refractivity contribution is 9.10. The quantitative estimate of drug-likeness (QED) is 0.899. The lowest BCUT2D eigenvalue weighted by atomic mass is 9.83. The zero-order valence-corrected chi connectivity index (χ0v) is 12.1. The van der Waals surface area contributed by atoms with Crippen LogP contribution >= 0.6 is 15.9 Å². The summed E-state index contributed by atoms with van der Waals surface area (Å²) >= 11 is 3.42. The van der Waals surface area contributed by atoms with Crippen molar-refractivity contribution in [2.24, 2.45) is 5.41 Å². The number of halogens is 1. The smallest absolute Gasteiger partial charge is 0.309 e. The molecule has 0 unspecified atom stereocenters. The molecule has 0 saturated heterocycles. The molecule has 0 aliphatic carbocycles. The van der Waals surface area contributed by atoms with E-state index in [0.29, 0.717) is 12.0 Å². The first kappa shape index (κ1) is 14.0. The molecule has 0 heterocycles. The van der Waals surface area contributed by atoms with Gasteiger partial charge < -0.3 is 10.2 Å². The van der Waals surface area contributed by atoms with Crippen LogP contribution in [0.25, 0.3) is 0 Å². The van der Waals surface area contributed by atoms with Crippen molar-refractivity contribution >= 4 is 21.9 Å². The van der Waals surface area contributed by atoms with Crippen molar-refractivity contribution in [3.8, 4) is 5.75 Å². The Hall–Kier alpha value is -1.03. The minimum Gasteiger partial charge on any atom is -0.507 e. The maximum atomic E-state index is 11.1. The summed E-state index contributed by atoms with van der Waals surface area (Å²) in [4.78, 5) is 11.1. The van der Waals surface area contributed by atoms with Crippen LogP contribution in [0.4, 0.5) is 0 Å². The van der Waals surface area contributed by atoms with Gasteiger partial charge in [-0.3, -0.25) is 4.79 Å². The fourth-order valence-electron chi connectivity index (χ4n) is 1.66. The highest BCUT2D eigenvalue weighted by atomic mass is 79.9. The molecule has 0 aromatic heterocycles. The number of hydrogen-bond donors (Lipinski definition) is 2. The van der Waals surface area contributed by atoms with Crippen LogP contribution in [0, 0.1) is 19.3 Å². The fraction of sp³-hybridized carbons (Fsp3) is 0.462. The maximum absolute atomic E-state index is 11.1. The molecule has 0 amide bonds. The predicted octanol–water partition coefficient (Wildman–Crippen LogP) is 3.42. The van der Waals surface area contributed by atoms with Crippen molar-refractivity contribution in [2.75, 3.05) is 0 Å². The highest BCUT2D eigenvalue weighted by Crippen LogP contribution is 2.35. The van der Waals surface area contributed by atoms with Crippen LogP contribution < -0.4 is 0 Å². The lowest BCUT2D eigenvalue weighted by molar-refractivity contribution is -0.146. The number of aliphatic carboxylic acids is 1. The summed E-state index contributed by atoms with van der Waals surface area (Å²) < 4.78 is 0.893. The van der Waals surface area contributed by atoms with Crippen LogP contribution in [0.15, 0.2) is 10.5 Å². The van der Waals surface area contributed by atoms with Crippen LogP contribution in [0.1, 0.15) is 30.5 Å². The first-order valence-electron chi connectivity index (χ1n) is 5.37. The molecule has 2 N–H and O–H groups in total. The van der Waals surface area contributed by atoms with Crippen molar-refractivity contribution in [3.63, 3.8) is 0 Å². The topological polar surface area (TPSA) is 57.5 Å². The number of carbonyl (C=O) groups is 1. The third-order valence-electron chi connectivity index (χ3n) is 3.01. The molecule has 0 saturated carbocycles. The number of hydrogen-bond acceptors (Lipinski definition) is 2. The van der Waals surface area contributed by atoms with E-state index in [0.717, 1.165) is 15.6 Å². The number of benzene rings is 1. The van der Waals surface area contributed by atoms with E-state index in [1.165, 1.54) is 0 Å². The number of aryl methyl sites for hydroxylation is 1. The zero-order valence-electron chi connectivity index (χ0n) is 10.5. The first-order chi connectivity index (χ1) is 7.66. The molecule has 0 aliphatic heterocycles. The average Bonchev–Trinajstić information content (AvgIpc) is 2.21. The monoisotopic (exact) mass is 300 g/mol. The summed E-state index contributed by atoms with van der Waals surface area (Å²) in [6.07, 6.45) is 0.306. The van der Waals surface area contributed by atoms with E-state index in [1.54, 1.807) is 20.8 Å². The SMILES string of the molecule is Cc1cc(Br)c(C)c(CC(C)(C)C(=O)O)c1O. The Morgan fingerprint density at radius 1 is 1.41 bits per heavy atom. The first-order valence-corrected chi connectivity index (χ1v) is 6.17. The van der Waals surface area contributed by atoms with Gasteiger partial charge in [-0.1, -0.05) is 15.9 Å². The van der Waals surface area contributed by atoms with Crippen molar-refractivity contribution in [1.82, 2.24) is 0 Å². The van der Waals surface area contributed by atoms with Gasteiger partial charge in [0.25, 0.3) is 0 Å². The zero-order chi connectivity index (χ0) is 13.4. The number of carboxylic acids is 1. The molecule has 0 spiro atoms. The highest BCUT2D eigenvalue weighted by Gasteiger charge is 2.29. The molecular formula is C13H17BrO3. The Morgan fingerprint density at radius 3 is 2.41 bits per heavy atom. The van der Waals surface area contributed by atoms with E-state index in [1.807, 2.05) is 13.0 Å². The van der Waals surface area contributed by atoms with Crippen molar-refractivity contribution < 1.29 is 15.0 Å². The molecule has 4 heteroatoms. The van der Waals surface area contributed by atoms with Crippen molar-refractivity contribution in [1.29, 1.82) is 0 Å². The van der Waals surface area contributed by atoms with Crippen molar-refractivity contribution in [2.45, 2.75) is 34.1 Å². The lowest BCUT2D eigenvalue weighted by Gasteiger charge is -2.22. The van der Waals surface area contributed by atoms with Gasteiger partial charge >= 0.3 is 5.97 Å². The van der Waals surface area contributed by atoms with E-state index in [4.69, 9.17) is 5.11 Å². The summed E-state index contributed by atoms with van der Waals surface area (Å²) in [5, 5.41) is 19.2. The van der Waals surface area contributed by atoms with Crippen LogP contribution in [0.2, 0.25) is 0 Å². The Kier molecular flexibility index (Phi) is 3.87. The lowest BCUT2D eigenvalue weighted by Crippen LogP contribution is -2.26.